The van der Waals surface area contributed by atoms with Crippen LogP contribution in [0, 0.1) is 0 Å². The minimum Gasteiger partial charge on any atom is -0.371 e. The van der Waals surface area contributed by atoms with Crippen molar-refractivity contribution in [1.29, 1.82) is 0 Å². The summed E-state index contributed by atoms with van der Waals surface area (Å²) in [6.07, 6.45) is 2.41. The fraction of sp³-hybridized carbons (Fsp3) is 0.368. The van der Waals surface area contributed by atoms with Gasteiger partial charge in [-0.25, -0.2) is 0 Å². The Hall–Kier alpha value is -1.29. The molecule has 116 valence electrons. The van der Waals surface area contributed by atoms with Crippen LogP contribution in [0.4, 0.5) is 0 Å². The third-order valence-electron chi connectivity index (χ3n) is 3.89. The first-order valence-electron chi connectivity index (χ1n) is 7.84. The van der Waals surface area contributed by atoms with E-state index < -0.39 is 0 Å². The maximum absolute atomic E-state index is 6.13. The molecule has 1 aliphatic rings. The molecule has 2 nitrogen and oxygen atoms in total. The smallest absolute Gasteiger partial charge is 0.108 e. The predicted octanol–water partition coefficient (Wildman–Crippen LogP) is 4.89. The van der Waals surface area contributed by atoms with Gasteiger partial charge in [0.1, 0.15) is 5.44 Å². The van der Waals surface area contributed by atoms with Gasteiger partial charge >= 0.3 is 0 Å². The molecule has 0 amide bonds. The van der Waals surface area contributed by atoms with Gasteiger partial charge in [-0.1, -0.05) is 60.3 Å². The van der Waals surface area contributed by atoms with Crippen LogP contribution in [0.1, 0.15) is 25.3 Å². The molecule has 3 atom stereocenters. The van der Waals surface area contributed by atoms with Crippen LogP contribution >= 0.6 is 11.8 Å². The maximum atomic E-state index is 6.13. The maximum Gasteiger partial charge on any atom is 0.108 e. The Balaban J connectivity index is 1.48. The van der Waals surface area contributed by atoms with Crippen molar-refractivity contribution < 1.29 is 9.47 Å². The number of hydrogen-bond donors (Lipinski definition) is 0. The molecule has 3 rings (SSSR count). The molecule has 0 saturated carbocycles. The van der Waals surface area contributed by atoms with Crippen LogP contribution in [-0.2, 0) is 16.1 Å². The van der Waals surface area contributed by atoms with Crippen molar-refractivity contribution in [2.24, 2.45) is 0 Å². The van der Waals surface area contributed by atoms with Crippen molar-refractivity contribution in [1.82, 2.24) is 0 Å². The van der Waals surface area contributed by atoms with E-state index in [1.807, 2.05) is 36.0 Å². The van der Waals surface area contributed by atoms with E-state index in [1.165, 1.54) is 10.5 Å². The van der Waals surface area contributed by atoms with E-state index in [0.29, 0.717) is 6.61 Å². The first kappa shape index (κ1) is 15.6. The molecular formula is C19H22O2S. The molecule has 1 aliphatic heterocycles. The standard InChI is InChI=1S/C19H22O2S/c1-15-18(20-14-16-8-4-2-5-9-16)12-13-19(21-15)22-17-10-6-3-7-11-17/h2-11,15,18-19H,12-14H2,1H3. The highest BCUT2D eigenvalue weighted by atomic mass is 32.2. The number of benzene rings is 2. The number of rotatable bonds is 5. The first-order chi connectivity index (χ1) is 10.8. The second-order valence-corrected chi connectivity index (χ2v) is 6.85. The van der Waals surface area contributed by atoms with Crippen LogP contribution in [0.2, 0.25) is 0 Å². The molecule has 3 unspecified atom stereocenters. The quantitative estimate of drug-likeness (QED) is 0.783. The summed E-state index contributed by atoms with van der Waals surface area (Å²) < 4.78 is 12.2. The summed E-state index contributed by atoms with van der Waals surface area (Å²) in [4.78, 5) is 1.27. The highest BCUT2D eigenvalue weighted by Crippen LogP contribution is 2.33. The Kier molecular flexibility index (Phi) is 5.54. The van der Waals surface area contributed by atoms with Gasteiger partial charge in [-0.2, -0.15) is 0 Å². The lowest BCUT2D eigenvalue weighted by molar-refractivity contribution is -0.112. The lowest BCUT2D eigenvalue weighted by atomic mass is 10.1. The Labute approximate surface area is 136 Å². The number of ether oxygens (including phenoxy) is 2. The van der Waals surface area contributed by atoms with Crippen LogP contribution in [0.15, 0.2) is 65.6 Å². The molecule has 1 heterocycles. The normalized spacial score (nSPS) is 25.0. The van der Waals surface area contributed by atoms with Gasteiger partial charge in [0.15, 0.2) is 0 Å². The van der Waals surface area contributed by atoms with Gasteiger partial charge < -0.3 is 9.47 Å². The summed E-state index contributed by atoms with van der Waals surface area (Å²) in [7, 11) is 0. The minimum atomic E-state index is 0.138. The molecule has 2 aromatic rings. The number of thioether (sulfide) groups is 1. The predicted molar refractivity (Wildman–Crippen MR) is 90.9 cm³/mol. The van der Waals surface area contributed by atoms with Crippen molar-refractivity contribution in [2.75, 3.05) is 0 Å². The molecule has 1 saturated heterocycles. The molecule has 22 heavy (non-hydrogen) atoms. The van der Waals surface area contributed by atoms with Crippen LogP contribution < -0.4 is 0 Å². The van der Waals surface area contributed by atoms with Crippen LogP contribution in [0.5, 0.6) is 0 Å². The molecule has 0 spiro atoms. The van der Waals surface area contributed by atoms with E-state index in [0.717, 1.165) is 12.8 Å². The summed E-state index contributed by atoms with van der Waals surface area (Å²) >= 11 is 1.81. The lowest BCUT2D eigenvalue weighted by Crippen LogP contribution is -2.37. The highest BCUT2D eigenvalue weighted by Gasteiger charge is 2.29. The lowest BCUT2D eigenvalue weighted by Gasteiger charge is -2.34. The average molecular weight is 314 g/mol. The van der Waals surface area contributed by atoms with Crippen molar-refractivity contribution in [3.05, 3.63) is 66.2 Å². The second kappa shape index (κ2) is 7.82. The van der Waals surface area contributed by atoms with Gasteiger partial charge in [-0.05, 0) is 37.5 Å². The van der Waals surface area contributed by atoms with E-state index in [-0.39, 0.29) is 17.6 Å². The highest BCUT2D eigenvalue weighted by molar-refractivity contribution is 7.99. The first-order valence-corrected chi connectivity index (χ1v) is 8.72. The summed E-state index contributed by atoms with van der Waals surface area (Å²) in [5.41, 5.74) is 1.45. The van der Waals surface area contributed by atoms with Gasteiger partial charge in [0, 0.05) is 4.90 Å². The molecule has 1 fully saturated rings. The zero-order valence-corrected chi connectivity index (χ0v) is 13.7. The van der Waals surface area contributed by atoms with E-state index in [9.17, 15) is 0 Å². The molecule has 0 bridgehead atoms. The van der Waals surface area contributed by atoms with E-state index in [1.54, 1.807) is 0 Å². The van der Waals surface area contributed by atoms with Gasteiger partial charge in [0.05, 0.1) is 18.8 Å². The van der Waals surface area contributed by atoms with Gasteiger partial charge in [0.2, 0.25) is 0 Å². The molecule has 0 N–H and O–H groups in total. The summed E-state index contributed by atoms with van der Waals surface area (Å²) in [6, 6.07) is 20.8. The number of hydrogen-bond acceptors (Lipinski definition) is 3. The monoisotopic (exact) mass is 314 g/mol. The topological polar surface area (TPSA) is 18.5 Å². The van der Waals surface area contributed by atoms with E-state index in [4.69, 9.17) is 9.47 Å². The second-order valence-electron chi connectivity index (χ2n) is 5.61. The van der Waals surface area contributed by atoms with E-state index >= 15 is 0 Å². The summed E-state index contributed by atoms with van der Waals surface area (Å²) in [6.45, 7) is 2.78. The summed E-state index contributed by atoms with van der Waals surface area (Å²) in [5, 5.41) is 0. The molecule has 0 aromatic heterocycles. The van der Waals surface area contributed by atoms with Crippen molar-refractivity contribution in [2.45, 2.75) is 48.9 Å². The van der Waals surface area contributed by atoms with Crippen molar-refractivity contribution >= 4 is 11.8 Å². The van der Waals surface area contributed by atoms with Crippen LogP contribution in [-0.4, -0.2) is 17.6 Å². The molecule has 2 aromatic carbocycles. The average Bonchev–Trinajstić information content (AvgIpc) is 2.56. The molecule has 0 aliphatic carbocycles. The SMILES string of the molecule is CC1OC(Sc2ccccc2)CCC1OCc1ccccc1. The fourth-order valence-corrected chi connectivity index (χ4v) is 3.77. The zero-order valence-electron chi connectivity index (χ0n) is 12.9. The van der Waals surface area contributed by atoms with Gasteiger partial charge in [-0.15, -0.1) is 0 Å². The Morgan fingerprint density at radius 3 is 2.36 bits per heavy atom. The third kappa shape index (κ3) is 4.35. The Morgan fingerprint density at radius 1 is 1.00 bits per heavy atom. The Bertz CT molecular complexity index is 558. The van der Waals surface area contributed by atoms with Crippen LogP contribution in [0.3, 0.4) is 0 Å². The molecule has 0 radical (unpaired) electrons. The molecule has 3 heteroatoms. The largest absolute Gasteiger partial charge is 0.371 e. The van der Waals surface area contributed by atoms with Crippen LogP contribution in [0.25, 0.3) is 0 Å². The minimum absolute atomic E-state index is 0.138. The van der Waals surface area contributed by atoms with Gasteiger partial charge in [0.25, 0.3) is 0 Å². The van der Waals surface area contributed by atoms with Crippen molar-refractivity contribution in [3.8, 4) is 0 Å². The molecular weight excluding hydrogens is 292 g/mol. The summed E-state index contributed by atoms with van der Waals surface area (Å²) in [5.74, 6) is 0. The van der Waals surface area contributed by atoms with Gasteiger partial charge in [-0.3, -0.25) is 0 Å². The zero-order chi connectivity index (χ0) is 15.2. The third-order valence-corrected chi connectivity index (χ3v) is 5.05. The van der Waals surface area contributed by atoms with E-state index in [2.05, 4.69) is 43.3 Å². The fourth-order valence-electron chi connectivity index (χ4n) is 2.66. The Morgan fingerprint density at radius 2 is 1.68 bits per heavy atom. The van der Waals surface area contributed by atoms with Crippen molar-refractivity contribution in [3.63, 3.8) is 0 Å².